The molecule has 0 spiro atoms. The van der Waals surface area contributed by atoms with Crippen LogP contribution >= 0.6 is 0 Å². The third-order valence-corrected chi connectivity index (χ3v) is 3.82. The summed E-state index contributed by atoms with van der Waals surface area (Å²) in [6, 6.07) is 6.04. The normalized spacial score (nSPS) is 11.3. The third-order valence-electron chi connectivity index (χ3n) is 3.82. The van der Waals surface area contributed by atoms with Gasteiger partial charge < -0.3 is 19.6 Å². The molecule has 0 fully saturated rings. The monoisotopic (exact) mass is 377 g/mol. The van der Waals surface area contributed by atoms with Crippen LogP contribution in [0.2, 0.25) is 0 Å². The van der Waals surface area contributed by atoms with Gasteiger partial charge in [-0.3, -0.25) is 9.59 Å². The van der Waals surface area contributed by atoms with Crippen LogP contribution in [0.25, 0.3) is 0 Å². The number of nitrogens with one attached hydrogen (secondary N) is 1. The van der Waals surface area contributed by atoms with Gasteiger partial charge in [0.25, 0.3) is 5.91 Å². The Bertz CT molecular complexity index is 626. The molecule has 27 heavy (non-hydrogen) atoms. The van der Waals surface area contributed by atoms with Crippen LogP contribution in [0.5, 0.6) is 0 Å². The highest BCUT2D eigenvalue weighted by atomic mass is 16.5. The van der Waals surface area contributed by atoms with E-state index in [1.807, 2.05) is 12.1 Å². The van der Waals surface area contributed by atoms with Gasteiger partial charge >= 0.3 is 11.9 Å². The van der Waals surface area contributed by atoms with E-state index in [-0.39, 0.29) is 26.1 Å². The fourth-order valence-electron chi connectivity index (χ4n) is 2.44. The molecule has 0 saturated carbocycles. The second kappa shape index (κ2) is 12.6. The number of carbonyl (C=O) groups excluding carboxylic acids is 4. The van der Waals surface area contributed by atoms with Gasteiger partial charge in [-0.25, -0.2) is 4.79 Å². The Hall–Kier alpha value is -2.70. The summed E-state index contributed by atoms with van der Waals surface area (Å²) in [4.78, 5) is 46.4. The molecule has 148 valence electrons. The van der Waals surface area contributed by atoms with Gasteiger partial charge in [-0.1, -0.05) is 12.1 Å². The largest absolute Gasteiger partial charge is 0.466 e. The smallest absolute Gasteiger partial charge is 0.328 e. The average molecular weight is 377 g/mol. The van der Waals surface area contributed by atoms with Crippen LogP contribution in [-0.4, -0.2) is 43.4 Å². The van der Waals surface area contributed by atoms with Gasteiger partial charge in [0.2, 0.25) is 0 Å². The predicted molar refractivity (Wildman–Crippen MR) is 99.2 cm³/mol. The van der Waals surface area contributed by atoms with Crippen molar-refractivity contribution in [3.63, 3.8) is 0 Å². The van der Waals surface area contributed by atoms with Crippen LogP contribution in [-0.2, 0) is 30.3 Å². The summed E-state index contributed by atoms with van der Waals surface area (Å²) in [5.74, 6) is -1.43. The summed E-state index contributed by atoms with van der Waals surface area (Å²) < 4.78 is 9.82. The molecule has 1 aromatic rings. The number of ether oxygens (including phenoxy) is 2. The zero-order valence-electron chi connectivity index (χ0n) is 15.9. The van der Waals surface area contributed by atoms with E-state index in [1.54, 1.807) is 26.0 Å². The molecule has 7 heteroatoms. The van der Waals surface area contributed by atoms with E-state index in [0.717, 1.165) is 24.7 Å². The second-order valence-corrected chi connectivity index (χ2v) is 5.88. The number of aryl methyl sites for hydroxylation is 1. The Labute approximate surface area is 159 Å². The number of unbranched alkanes of at least 4 members (excludes halogenated alkanes) is 1. The molecular weight excluding hydrogens is 350 g/mol. The number of aldehydes is 1. The molecule has 0 aliphatic carbocycles. The Morgan fingerprint density at radius 2 is 1.74 bits per heavy atom. The number of rotatable bonds is 12. The molecule has 0 saturated heterocycles. The highest BCUT2D eigenvalue weighted by Gasteiger charge is 2.23. The number of hydrogen-bond acceptors (Lipinski definition) is 6. The van der Waals surface area contributed by atoms with Gasteiger partial charge in [0.05, 0.1) is 13.2 Å². The second-order valence-electron chi connectivity index (χ2n) is 5.88. The van der Waals surface area contributed by atoms with Gasteiger partial charge in [0, 0.05) is 18.4 Å². The highest BCUT2D eigenvalue weighted by Crippen LogP contribution is 2.09. The number of carbonyl (C=O) groups is 4. The van der Waals surface area contributed by atoms with Gasteiger partial charge in [0.15, 0.2) is 0 Å². The van der Waals surface area contributed by atoms with Crippen molar-refractivity contribution in [3.05, 3.63) is 35.4 Å². The Kier molecular flexibility index (Phi) is 10.4. The van der Waals surface area contributed by atoms with E-state index in [1.165, 1.54) is 0 Å². The summed E-state index contributed by atoms with van der Waals surface area (Å²) in [7, 11) is 0. The summed E-state index contributed by atoms with van der Waals surface area (Å²) in [6.07, 6.45) is 3.01. The van der Waals surface area contributed by atoms with E-state index in [9.17, 15) is 19.2 Å². The summed E-state index contributed by atoms with van der Waals surface area (Å²) in [5, 5.41) is 2.62. The number of benzene rings is 1. The number of esters is 2. The van der Waals surface area contributed by atoms with Gasteiger partial charge in [-0.05, 0) is 50.8 Å². The van der Waals surface area contributed by atoms with Gasteiger partial charge in [-0.2, -0.15) is 0 Å². The molecule has 1 amide bonds. The van der Waals surface area contributed by atoms with Crippen molar-refractivity contribution in [1.29, 1.82) is 0 Å². The van der Waals surface area contributed by atoms with Crippen LogP contribution in [0.4, 0.5) is 0 Å². The van der Waals surface area contributed by atoms with Gasteiger partial charge in [0.1, 0.15) is 12.3 Å². The van der Waals surface area contributed by atoms with E-state index in [0.29, 0.717) is 12.0 Å². The molecule has 1 aromatic carbocycles. The minimum absolute atomic E-state index is 0.00721. The van der Waals surface area contributed by atoms with Crippen LogP contribution < -0.4 is 5.32 Å². The lowest BCUT2D eigenvalue weighted by atomic mass is 10.1. The first-order chi connectivity index (χ1) is 13.0. The maximum absolute atomic E-state index is 12.4. The lowest BCUT2D eigenvalue weighted by Gasteiger charge is -2.17. The Morgan fingerprint density at radius 3 is 2.33 bits per heavy atom. The molecule has 1 N–H and O–H groups in total. The van der Waals surface area contributed by atoms with Crippen LogP contribution in [0.1, 0.15) is 55.5 Å². The first-order valence-electron chi connectivity index (χ1n) is 9.17. The predicted octanol–water partition coefficient (Wildman–Crippen LogP) is 2.21. The standard InChI is InChI=1S/C20H27NO6/c1-3-26-18(23)13-12-17(20(25)27-4-2)21-19(24)16-10-8-15(9-11-16)7-5-6-14-22/h8-11,14,17H,3-7,12-13H2,1-2H3,(H,21,24)/t17-/m0/s1. The molecule has 1 rings (SSSR count). The molecule has 0 aliphatic heterocycles. The zero-order valence-corrected chi connectivity index (χ0v) is 15.9. The third kappa shape index (κ3) is 8.48. The first-order valence-corrected chi connectivity index (χ1v) is 9.17. The average Bonchev–Trinajstić information content (AvgIpc) is 2.66. The molecular formula is C20H27NO6. The molecule has 1 atom stereocenters. The van der Waals surface area contributed by atoms with E-state index < -0.39 is 23.9 Å². The lowest BCUT2D eigenvalue weighted by molar-refractivity contribution is -0.146. The van der Waals surface area contributed by atoms with Crippen molar-refractivity contribution in [3.8, 4) is 0 Å². The van der Waals surface area contributed by atoms with Crippen molar-refractivity contribution in [2.24, 2.45) is 0 Å². The van der Waals surface area contributed by atoms with Crippen molar-refractivity contribution in [2.75, 3.05) is 13.2 Å². The Balaban J connectivity index is 2.69. The summed E-state index contributed by atoms with van der Waals surface area (Å²) in [5.41, 5.74) is 1.43. The lowest BCUT2D eigenvalue weighted by Crippen LogP contribution is -2.42. The SMILES string of the molecule is CCOC(=O)CC[C@H](NC(=O)c1ccc(CCCC=O)cc1)C(=O)OCC. The first kappa shape index (κ1) is 22.3. The molecule has 0 aromatic heterocycles. The molecule has 0 unspecified atom stereocenters. The van der Waals surface area contributed by atoms with E-state index in [4.69, 9.17) is 9.47 Å². The molecule has 0 aliphatic rings. The number of hydrogen-bond donors (Lipinski definition) is 1. The van der Waals surface area contributed by atoms with Crippen molar-refractivity contribution < 1.29 is 28.7 Å². The van der Waals surface area contributed by atoms with Crippen molar-refractivity contribution >= 4 is 24.1 Å². The molecule has 7 nitrogen and oxygen atoms in total. The van der Waals surface area contributed by atoms with Crippen LogP contribution in [0.3, 0.4) is 0 Å². The maximum atomic E-state index is 12.4. The maximum Gasteiger partial charge on any atom is 0.328 e. The fourth-order valence-corrected chi connectivity index (χ4v) is 2.44. The van der Waals surface area contributed by atoms with Crippen LogP contribution in [0, 0.1) is 0 Å². The van der Waals surface area contributed by atoms with Crippen molar-refractivity contribution in [2.45, 2.75) is 52.0 Å². The zero-order chi connectivity index (χ0) is 20.1. The minimum atomic E-state index is -0.922. The van der Waals surface area contributed by atoms with E-state index >= 15 is 0 Å². The summed E-state index contributed by atoms with van der Waals surface area (Å²) in [6.45, 7) is 3.81. The van der Waals surface area contributed by atoms with E-state index in [2.05, 4.69) is 5.32 Å². The fraction of sp³-hybridized carbons (Fsp3) is 0.500. The summed E-state index contributed by atoms with van der Waals surface area (Å²) >= 11 is 0. The Morgan fingerprint density at radius 1 is 1.07 bits per heavy atom. The van der Waals surface area contributed by atoms with Crippen LogP contribution in [0.15, 0.2) is 24.3 Å². The number of amides is 1. The highest BCUT2D eigenvalue weighted by molar-refractivity contribution is 5.96. The quantitative estimate of drug-likeness (QED) is 0.341. The molecule has 0 bridgehead atoms. The molecule has 0 radical (unpaired) electrons. The molecule has 0 heterocycles. The van der Waals surface area contributed by atoms with Crippen molar-refractivity contribution in [1.82, 2.24) is 5.32 Å². The minimum Gasteiger partial charge on any atom is -0.466 e. The van der Waals surface area contributed by atoms with Gasteiger partial charge in [-0.15, -0.1) is 0 Å². The topological polar surface area (TPSA) is 98.8 Å².